The van der Waals surface area contributed by atoms with Gasteiger partial charge < -0.3 is 4.18 Å². The minimum atomic E-state index is -4.13. The van der Waals surface area contributed by atoms with Gasteiger partial charge in [-0.2, -0.15) is 18.4 Å². The number of rotatable bonds is 4. The first kappa shape index (κ1) is 15.3. The van der Waals surface area contributed by atoms with E-state index in [0.717, 1.165) is 6.20 Å². The molecule has 0 amide bonds. The molecular formula is C12H9ClFN3O3S. The second-order valence-corrected chi connectivity index (χ2v) is 5.69. The quantitative estimate of drug-likeness (QED) is 0.636. The summed E-state index contributed by atoms with van der Waals surface area (Å²) in [4.78, 5) is 10.6. The normalized spacial score (nSPS) is 11.8. The largest absolute Gasteiger partial charge is 0.341 e. The van der Waals surface area contributed by atoms with Crippen molar-refractivity contribution in [3.8, 4) is 6.01 Å². The molecule has 21 heavy (non-hydrogen) atoms. The summed E-state index contributed by atoms with van der Waals surface area (Å²) in [5, 5.41) is 0.381. The van der Waals surface area contributed by atoms with Gasteiger partial charge in [0.1, 0.15) is 4.90 Å². The molecule has 0 radical (unpaired) electrons. The maximum atomic E-state index is 13.3. The van der Waals surface area contributed by atoms with Gasteiger partial charge >= 0.3 is 16.1 Å². The summed E-state index contributed by atoms with van der Waals surface area (Å²) in [5.41, 5.74) is 0. The number of benzene rings is 1. The third-order valence-corrected chi connectivity index (χ3v) is 3.71. The molecule has 0 spiro atoms. The van der Waals surface area contributed by atoms with Crippen LogP contribution in [0.25, 0.3) is 0 Å². The lowest BCUT2D eigenvalue weighted by molar-refractivity contribution is 0.460. The molecule has 1 heterocycles. The molecule has 9 heteroatoms. The highest BCUT2D eigenvalue weighted by atomic mass is 35.5. The molecule has 0 aliphatic carbocycles. The molecule has 1 aromatic heterocycles. The molecule has 0 saturated heterocycles. The fraction of sp³-hybridized carbons (Fsp3) is 0.0833. The Bertz CT molecular complexity index is 779. The Hall–Kier alpha value is -2.06. The first-order chi connectivity index (χ1) is 9.92. The van der Waals surface area contributed by atoms with Crippen LogP contribution in [0.3, 0.4) is 0 Å². The third kappa shape index (κ3) is 3.73. The summed E-state index contributed by atoms with van der Waals surface area (Å²) in [6.45, 7) is 1.56. The Morgan fingerprint density at radius 2 is 2.00 bits per heavy atom. The average Bonchev–Trinajstić information content (AvgIpc) is 2.43. The highest BCUT2D eigenvalue weighted by Gasteiger charge is 2.19. The molecule has 110 valence electrons. The Kier molecular flexibility index (Phi) is 4.49. The molecule has 0 N–H and O–H groups in total. The number of hydrogen-bond donors (Lipinski definition) is 0. The van der Waals surface area contributed by atoms with Crippen LogP contribution in [0.1, 0.15) is 6.92 Å². The van der Waals surface area contributed by atoms with Crippen LogP contribution in [-0.4, -0.2) is 24.6 Å². The van der Waals surface area contributed by atoms with E-state index in [1.165, 1.54) is 30.5 Å². The van der Waals surface area contributed by atoms with Crippen LogP contribution >= 0.6 is 11.6 Å². The maximum absolute atomic E-state index is 13.3. The van der Waals surface area contributed by atoms with E-state index in [1.54, 1.807) is 6.92 Å². The lowest BCUT2D eigenvalue weighted by atomic mass is 10.4. The van der Waals surface area contributed by atoms with Crippen molar-refractivity contribution >= 4 is 33.8 Å². The Morgan fingerprint density at radius 1 is 1.33 bits per heavy atom. The SMILES string of the molecule is CC=Nc1nc(OS(=O)(=O)c2ccc(Cl)cc2)ncc1F. The summed E-state index contributed by atoms with van der Waals surface area (Å²) < 4.78 is 42.0. The molecule has 0 saturated carbocycles. The highest BCUT2D eigenvalue weighted by Crippen LogP contribution is 2.20. The zero-order valence-electron chi connectivity index (χ0n) is 10.7. The molecule has 0 aliphatic heterocycles. The van der Waals surface area contributed by atoms with Gasteiger partial charge in [-0.25, -0.2) is 9.38 Å². The van der Waals surface area contributed by atoms with Gasteiger partial charge in [-0.3, -0.25) is 0 Å². The van der Waals surface area contributed by atoms with Gasteiger partial charge in [-0.05, 0) is 31.2 Å². The number of aliphatic imine (C=N–C) groups is 1. The zero-order chi connectivity index (χ0) is 15.5. The van der Waals surface area contributed by atoms with Crippen molar-refractivity contribution in [1.29, 1.82) is 0 Å². The van der Waals surface area contributed by atoms with Crippen LogP contribution < -0.4 is 4.18 Å². The fourth-order valence-corrected chi connectivity index (χ4v) is 2.31. The van der Waals surface area contributed by atoms with Crippen LogP contribution in [0, 0.1) is 5.82 Å². The number of hydrogen-bond acceptors (Lipinski definition) is 6. The smallest absolute Gasteiger partial charge is 0.339 e. The summed E-state index contributed by atoms with van der Waals surface area (Å²) in [7, 11) is -4.13. The van der Waals surface area contributed by atoms with Crippen molar-refractivity contribution in [2.24, 2.45) is 4.99 Å². The predicted octanol–water partition coefficient (Wildman–Crippen LogP) is 2.76. The Morgan fingerprint density at radius 3 is 2.62 bits per heavy atom. The van der Waals surface area contributed by atoms with Gasteiger partial charge in [-0.1, -0.05) is 11.6 Å². The van der Waals surface area contributed by atoms with E-state index in [-0.39, 0.29) is 10.7 Å². The molecular weight excluding hydrogens is 321 g/mol. The third-order valence-electron chi connectivity index (χ3n) is 2.24. The minimum absolute atomic E-state index is 0.125. The van der Waals surface area contributed by atoms with Crippen molar-refractivity contribution in [3.63, 3.8) is 0 Å². The second-order valence-electron chi connectivity index (χ2n) is 3.70. The lowest BCUT2D eigenvalue weighted by Crippen LogP contribution is -2.11. The Labute approximate surface area is 125 Å². The van der Waals surface area contributed by atoms with E-state index in [0.29, 0.717) is 5.02 Å². The van der Waals surface area contributed by atoms with E-state index in [1.807, 2.05) is 0 Å². The van der Waals surface area contributed by atoms with E-state index >= 15 is 0 Å². The van der Waals surface area contributed by atoms with Gasteiger partial charge in [0.25, 0.3) is 0 Å². The summed E-state index contributed by atoms with van der Waals surface area (Å²) >= 11 is 5.68. The van der Waals surface area contributed by atoms with Gasteiger partial charge in [0.15, 0.2) is 11.6 Å². The monoisotopic (exact) mass is 329 g/mol. The van der Waals surface area contributed by atoms with Gasteiger partial charge in [-0.15, -0.1) is 0 Å². The summed E-state index contributed by atoms with van der Waals surface area (Å²) in [6.07, 6.45) is 2.09. The van der Waals surface area contributed by atoms with Crippen molar-refractivity contribution in [2.75, 3.05) is 0 Å². The van der Waals surface area contributed by atoms with E-state index < -0.39 is 21.9 Å². The number of aromatic nitrogens is 2. The molecule has 0 atom stereocenters. The van der Waals surface area contributed by atoms with Crippen LogP contribution in [0.2, 0.25) is 5.02 Å². The molecule has 0 aliphatic rings. The van der Waals surface area contributed by atoms with Crippen molar-refractivity contribution < 1.29 is 17.0 Å². The van der Waals surface area contributed by atoms with E-state index in [2.05, 4.69) is 15.0 Å². The fourth-order valence-electron chi connectivity index (χ4n) is 1.34. The van der Waals surface area contributed by atoms with Crippen molar-refractivity contribution in [2.45, 2.75) is 11.8 Å². The molecule has 2 rings (SSSR count). The van der Waals surface area contributed by atoms with Crippen LogP contribution in [0.15, 0.2) is 40.4 Å². The minimum Gasteiger partial charge on any atom is -0.339 e. The number of nitrogens with zero attached hydrogens (tertiary/aromatic N) is 3. The van der Waals surface area contributed by atoms with Crippen molar-refractivity contribution in [3.05, 3.63) is 41.3 Å². The van der Waals surface area contributed by atoms with Crippen LogP contribution in [0.4, 0.5) is 10.2 Å². The summed E-state index contributed by atoms with van der Waals surface area (Å²) in [6, 6.07) is 4.82. The lowest BCUT2D eigenvalue weighted by Gasteiger charge is -2.05. The molecule has 1 aromatic carbocycles. The topological polar surface area (TPSA) is 81.5 Å². The van der Waals surface area contributed by atoms with E-state index in [9.17, 15) is 12.8 Å². The maximum Gasteiger partial charge on any atom is 0.341 e. The zero-order valence-corrected chi connectivity index (χ0v) is 12.3. The standard InChI is InChI=1S/C12H9ClFN3O3S/c1-2-15-11-10(14)7-16-12(17-11)20-21(18,19)9-5-3-8(13)4-6-9/h2-7H,1H3. The first-order valence-electron chi connectivity index (χ1n) is 5.63. The molecule has 0 fully saturated rings. The Balaban J connectivity index is 2.32. The van der Waals surface area contributed by atoms with Gasteiger partial charge in [0.05, 0.1) is 6.20 Å². The van der Waals surface area contributed by atoms with Gasteiger partial charge in [0.2, 0.25) is 0 Å². The summed E-state index contributed by atoms with van der Waals surface area (Å²) in [5.74, 6) is -1.10. The van der Waals surface area contributed by atoms with Crippen LogP contribution in [-0.2, 0) is 10.1 Å². The highest BCUT2D eigenvalue weighted by molar-refractivity contribution is 7.87. The number of halogens is 2. The predicted molar refractivity (Wildman–Crippen MR) is 75.1 cm³/mol. The molecule has 6 nitrogen and oxygen atoms in total. The molecule has 0 unspecified atom stereocenters. The second kappa shape index (κ2) is 6.15. The molecule has 0 bridgehead atoms. The van der Waals surface area contributed by atoms with Crippen LogP contribution in [0.5, 0.6) is 6.01 Å². The first-order valence-corrected chi connectivity index (χ1v) is 7.42. The van der Waals surface area contributed by atoms with Crippen molar-refractivity contribution in [1.82, 2.24) is 9.97 Å². The van der Waals surface area contributed by atoms with Gasteiger partial charge in [0, 0.05) is 11.2 Å². The average molecular weight is 330 g/mol. The molecule has 2 aromatic rings. The van der Waals surface area contributed by atoms with E-state index in [4.69, 9.17) is 15.8 Å².